The van der Waals surface area contributed by atoms with Gasteiger partial charge in [-0.15, -0.1) is 0 Å². The van der Waals surface area contributed by atoms with Crippen LogP contribution >= 0.6 is 11.6 Å². The average Bonchev–Trinajstić information content (AvgIpc) is 2.70. The number of aromatic nitrogens is 4. The van der Waals surface area contributed by atoms with E-state index in [-0.39, 0.29) is 0 Å². The Balaban J connectivity index is 2.09. The Morgan fingerprint density at radius 1 is 0.857 bits per heavy atom. The van der Waals surface area contributed by atoms with E-state index in [9.17, 15) is 0 Å². The molecular weight excluding hydrogens is 376 g/mol. The van der Waals surface area contributed by atoms with Crippen LogP contribution in [0.2, 0.25) is 5.02 Å². The third kappa shape index (κ3) is 4.14. The lowest BCUT2D eigenvalue weighted by atomic mass is 10.3. The van der Waals surface area contributed by atoms with Gasteiger partial charge in [0.15, 0.2) is 0 Å². The quantitative estimate of drug-likeness (QED) is 0.594. The molecule has 3 rings (SSSR count). The van der Waals surface area contributed by atoms with Gasteiger partial charge in [0.2, 0.25) is 5.02 Å². The highest BCUT2D eigenvalue weighted by molar-refractivity contribution is 6.33. The van der Waals surface area contributed by atoms with Gasteiger partial charge in [0.25, 0.3) is 0 Å². The number of hydrogen-bond acceptors (Lipinski definition) is 5. The van der Waals surface area contributed by atoms with E-state index in [1.165, 1.54) is 0 Å². The van der Waals surface area contributed by atoms with Crippen molar-refractivity contribution in [3.05, 3.63) is 54.1 Å². The van der Waals surface area contributed by atoms with Gasteiger partial charge in [-0.1, -0.05) is 11.6 Å². The molecule has 0 spiro atoms. The topological polar surface area (TPSA) is 49.3 Å². The third-order valence-electron chi connectivity index (χ3n) is 4.20. The van der Waals surface area contributed by atoms with Crippen LogP contribution in [0.3, 0.4) is 0 Å². The van der Waals surface area contributed by atoms with Crippen molar-refractivity contribution in [3.63, 3.8) is 0 Å². The third-order valence-corrected chi connectivity index (χ3v) is 4.54. The number of hydrogen-bond donors (Lipinski definition) is 0. The number of anilines is 2. The van der Waals surface area contributed by atoms with Gasteiger partial charge < -0.3 is 14.5 Å². The zero-order valence-electron chi connectivity index (χ0n) is 16.8. The molecule has 0 N–H and O–H groups in total. The Hall–Kier alpha value is -2.93. The highest BCUT2D eigenvalue weighted by Gasteiger charge is 2.28. The largest absolute Gasteiger partial charge is 0.481 e. The first-order valence-corrected chi connectivity index (χ1v) is 9.37. The SMILES string of the molecule is CCOc1nc(-[n+]2ccc(N(C)C)cc2)nc(-[n+]2ccc(N(C)C)cc2)c1Cl. The molecule has 0 unspecified atom stereocenters. The molecule has 0 amide bonds. The molecule has 0 saturated carbocycles. The molecule has 0 aromatic carbocycles. The average molecular weight is 401 g/mol. The Bertz CT molecular complexity index is 942. The molecule has 0 aliphatic rings. The van der Waals surface area contributed by atoms with Crippen molar-refractivity contribution in [1.29, 1.82) is 0 Å². The predicted molar refractivity (Wildman–Crippen MR) is 110 cm³/mol. The van der Waals surface area contributed by atoms with Crippen molar-refractivity contribution in [3.8, 4) is 17.6 Å². The van der Waals surface area contributed by atoms with E-state index in [2.05, 4.69) is 9.97 Å². The van der Waals surface area contributed by atoms with E-state index in [1.54, 1.807) is 0 Å². The summed E-state index contributed by atoms with van der Waals surface area (Å²) in [6.45, 7) is 2.36. The Morgan fingerprint density at radius 3 is 1.82 bits per heavy atom. The molecule has 0 radical (unpaired) electrons. The molecule has 7 nitrogen and oxygen atoms in total. The molecule has 0 atom stereocenters. The van der Waals surface area contributed by atoms with Gasteiger partial charge in [-0.25, -0.2) is 4.57 Å². The molecule has 0 bridgehead atoms. The van der Waals surface area contributed by atoms with Crippen molar-refractivity contribution < 1.29 is 13.9 Å². The van der Waals surface area contributed by atoms with Crippen LogP contribution in [0.1, 0.15) is 6.92 Å². The van der Waals surface area contributed by atoms with Crippen LogP contribution in [0, 0.1) is 0 Å². The second kappa shape index (κ2) is 8.39. The monoisotopic (exact) mass is 400 g/mol. The molecule has 8 heteroatoms. The molecule has 0 aliphatic carbocycles. The van der Waals surface area contributed by atoms with Crippen molar-refractivity contribution in [2.75, 3.05) is 44.6 Å². The number of rotatable bonds is 6. The summed E-state index contributed by atoms with van der Waals surface area (Å²) < 4.78 is 9.35. The Kier molecular flexibility index (Phi) is 5.94. The van der Waals surface area contributed by atoms with Crippen LogP contribution in [0.5, 0.6) is 5.88 Å². The number of ether oxygens (including phenoxy) is 1. The van der Waals surface area contributed by atoms with Crippen molar-refractivity contribution in [2.24, 2.45) is 0 Å². The minimum atomic E-state index is 0.359. The maximum Gasteiger partial charge on any atom is 0.481 e. The Labute approximate surface area is 170 Å². The zero-order valence-corrected chi connectivity index (χ0v) is 17.6. The van der Waals surface area contributed by atoms with Gasteiger partial charge in [-0.05, 0) is 24.0 Å². The summed E-state index contributed by atoms with van der Waals surface area (Å²) in [5, 5.41) is 0.374. The van der Waals surface area contributed by atoms with Crippen LogP contribution in [-0.4, -0.2) is 44.8 Å². The summed E-state index contributed by atoms with van der Waals surface area (Å²) in [7, 11) is 7.99. The highest BCUT2D eigenvalue weighted by atomic mass is 35.5. The van der Waals surface area contributed by atoms with E-state index < -0.39 is 0 Å². The molecule has 3 aromatic rings. The first-order chi connectivity index (χ1) is 13.4. The summed E-state index contributed by atoms with van der Waals surface area (Å²) >= 11 is 6.55. The van der Waals surface area contributed by atoms with Gasteiger partial charge >= 0.3 is 17.6 Å². The van der Waals surface area contributed by atoms with Crippen molar-refractivity contribution in [2.45, 2.75) is 6.92 Å². The minimum absolute atomic E-state index is 0.359. The van der Waals surface area contributed by atoms with Gasteiger partial charge in [0.05, 0.1) is 31.4 Å². The van der Waals surface area contributed by atoms with Crippen LogP contribution in [0.4, 0.5) is 11.4 Å². The number of nitrogens with zero attached hydrogens (tertiary/aromatic N) is 6. The summed E-state index contributed by atoms with van der Waals surface area (Å²) in [6, 6.07) is 7.99. The second-order valence-corrected chi connectivity index (χ2v) is 6.99. The summed E-state index contributed by atoms with van der Waals surface area (Å²) in [6.07, 6.45) is 7.67. The lowest BCUT2D eigenvalue weighted by molar-refractivity contribution is -0.614. The predicted octanol–water partition coefficient (Wildman–Crippen LogP) is 2.21. The van der Waals surface area contributed by atoms with Crippen molar-refractivity contribution in [1.82, 2.24) is 9.97 Å². The second-order valence-electron chi connectivity index (χ2n) is 6.62. The van der Waals surface area contributed by atoms with E-state index in [0.717, 1.165) is 11.4 Å². The van der Waals surface area contributed by atoms with Gasteiger partial charge in [0.1, 0.15) is 0 Å². The molecule has 0 fully saturated rings. The van der Waals surface area contributed by atoms with Gasteiger partial charge in [-0.3, -0.25) is 0 Å². The molecule has 28 heavy (non-hydrogen) atoms. The van der Waals surface area contributed by atoms with E-state index in [1.807, 2.05) is 103 Å². The maximum atomic E-state index is 6.55. The highest BCUT2D eigenvalue weighted by Crippen LogP contribution is 2.25. The fourth-order valence-corrected chi connectivity index (χ4v) is 2.87. The lowest BCUT2D eigenvalue weighted by Crippen LogP contribution is -2.37. The molecule has 0 aliphatic heterocycles. The molecule has 3 aromatic heterocycles. The van der Waals surface area contributed by atoms with Crippen LogP contribution in [0.15, 0.2) is 49.1 Å². The van der Waals surface area contributed by atoms with E-state index in [4.69, 9.17) is 16.3 Å². The molecular formula is C20H25ClN6O+2. The smallest absolute Gasteiger partial charge is 0.465 e. The lowest BCUT2D eigenvalue weighted by Gasteiger charge is -2.12. The van der Waals surface area contributed by atoms with Gasteiger partial charge in [-0.2, -0.15) is 4.57 Å². The van der Waals surface area contributed by atoms with Crippen molar-refractivity contribution >= 4 is 23.0 Å². The standard InChI is InChI=1S/C20H25ClN6O/c1-6-28-19-17(21)18(26-11-7-15(8-12-26)24(2)3)22-20(23-19)27-13-9-16(10-14-27)25(4)5/h7-14H,6H2,1-5H3/q+2. The summed E-state index contributed by atoms with van der Waals surface area (Å²) in [5.74, 6) is 1.40. The summed E-state index contributed by atoms with van der Waals surface area (Å²) in [5.41, 5.74) is 2.17. The van der Waals surface area contributed by atoms with Crippen LogP contribution in [-0.2, 0) is 0 Å². The van der Waals surface area contributed by atoms with Gasteiger partial charge in [0, 0.05) is 56.7 Å². The first kappa shape index (κ1) is 19.8. The van der Waals surface area contributed by atoms with Crippen LogP contribution in [0.25, 0.3) is 11.8 Å². The minimum Gasteiger partial charge on any atom is -0.465 e. The fourth-order valence-electron chi connectivity index (χ4n) is 2.63. The maximum absolute atomic E-state index is 6.55. The van der Waals surface area contributed by atoms with Crippen LogP contribution < -0.4 is 23.7 Å². The zero-order chi connectivity index (χ0) is 20.3. The summed E-state index contributed by atoms with van der Waals surface area (Å²) in [4.78, 5) is 13.2. The molecule has 3 heterocycles. The molecule has 0 saturated heterocycles. The first-order valence-electron chi connectivity index (χ1n) is 8.99. The molecule has 146 valence electrons. The fraction of sp³-hybridized carbons (Fsp3) is 0.300. The number of halogens is 1. The Morgan fingerprint density at radius 2 is 1.36 bits per heavy atom. The normalized spacial score (nSPS) is 10.6. The van der Waals surface area contributed by atoms with E-state index in [0.29, 0.717) is 29.3 Å². The number of pyridine rings is 2. The van der Waals surface area contributed by atoms with E-state index >= 15 is 0 Å².